The number of para-hydroxylation sites is 1. The molecule has 0 aliphatic carbocycles. The minimum absolute atomic E-state index is 0.484. The highest BCUT2D eigenvalue weighted by Gasteiger charge is 2.03. The Hall–Kier alpha value is -0.890. The predicted octanol–water partition coefficient (Wildman–Crippen LogP) is 5.34. The number of benzene rings is 2. The summed E-state index contributed by atoms with van der Waals surface area (Å²) in [6.45, 7) is 0.643. The normalized spacial score (nSPS) is 10.4. The van der Waals surface area contributed by atoms with E-state index in [2.05, 4.69) is 5.32 Å². The monoisotopic (exact) mass is 299 g/mol. The minimum atomic E-state index is 0.484. The highest BCUT2D eigenvalue weighted by atomic mass is 35.5. The summed E-state index contributed by atoms with van der Waals surface area (Å²) < 4.78 is 0. The van der Waals surface area contributed by atoms with Gasteiger partial charge >= 0.3 is 0 Å². The molecular weight excluding hydrogens is 289 g/mol. The zero-order valence-corrected chi connectivity index (χ0v) is 11.9. The molecule has 2 aromatic carbocycles. The van der Waals surface area contributed by atoms with Gasteiger partial charge in [0.1, 0.15) is 0 Å². The van der Waals surface area contributed by atoms with Crippen LogP contribution >= 0.6 is 34.8 Å². The van der Waals surface area contributed by atoms with E-state index in [9.17, 15) is 0 Å². The number of hydrogen-bond donors (Lipinski definition) is 1. The van der Waals surface area contributed by atoms with Crippen molar-refractivity contribution in [2.75, 3.05) is 5.32 Å². The SMILES string of the molecule is ClCc1ccccc1NCc1ccc(Cl)cc1Cl. The van der Waals surface area contributed by atoms with Crippen LogP contribution in [0.5, 0.6) is 0 Å². The van der Waals surface area contributed by atoms with E-state index in [0.29, 0.717) is 22.5 Å². The molecule has 0 atom stereocenters. The fraction of sp³-hybridized carbons (Fsp3) is 0.143. The minimum Gasteiger partial charge on any atom is -0.381 e. The smallest absolute Gasteiger partial charge is 0.0494 e. The maximum Gasteiger partial charge on any atom is 0.0494 e. The standard InChI is InChI=1S/C14H12Cl3N/c15-8-10-3-1-2-4-14(10)18-9-11-5-6-12(16)7-13(11)17/h1-7,18H,8-9H2. The number of rotatable bonds is 4. The molecule has 1 nitrogen and oxygen atoms in total. The van der Waals surface area contributed by atoms with E-state index in [0.717, 1.165) is 16.8 Å². The molecule has 94 valence electrons. The molecule has 4 heteroatoms. The Kier molecular flexibility index (Phi) is 4.76. The highest BCUT2D eigenvalue weighted by Crippen LogP contribution is 2.23. The summed E-state index contributed by atoms with van der Waals surface area (Å²) in [6.07, 6.45) is 0. The van der Waals surface area contributed by atoms with Gasteiger partial charge in [-0.25, -0.2) is 0 Å². The van der Waals surface area contributed by atoms with Crippen LogP contribution in [0, 0.1) is 0 Å². The first-order chi connectivity index (χ1) is 8.70. The lowest BCUT2D eigenvalue weighted by molar-refractivity contribution is 1.14. The van der Waals surface area contributed by atoms with E-state index in [-0.39, 0.29) is 0 Å². The molecular formula is C14H12Cl3N. The van der Waals surface area contributed by atoms with Crippen molar-refractivity contribution in [2.45, 2.75) is 12.4 Å². The molecule has 0 aliphatic heterocycles. The largest absolute Gasteiger partial charge is 0.381 e. The van der Waals surface area contributed by atoms with Gasteiger partial charge in [0.05, 0.1) is 0 Å². The van der Waals surface area contributed by atoms with Crippen LogP contribution in [0.4, 0.5) is 5.69 Å². The molecule has 2 aromatic rings. The van der Waals surface area contributed by atoms with Crippen molar-refractivity contribution in [3.8, 4) is 0 Å². The van der Waals surface area contributed by atoms with Crippen LogP contribution in [0.3, 0.4) is 0 Å². The quantitative estimate of drug-likeness (QED) is 0.751. The second-order valence-electron chi connectivity index (χ2n) is 3.88. The van der Waals surface area contributed by atoms with Crippen LogP contribution in [-0.2, 0) is 12.4 Å². The Morgan fingerprint density at radius 1 is 0.944 bits per heavy atom. The number of halogens is 3. The van der Waals surface area contributed by atoms with Gasteiger partial charge in [0.25, 0.3) is 0 Å². The Labute approximate surface area is 122 Å². The molecule has 0 saturated carbocycles. The average molecular weight is 301 g/mol. The summed E-state index contributed by atoms with van der Waals surface area (Å²) in [6, 6.07) is 13.4. The molecule has 0 amide bonds. The van der Waals surface area contributed by atoms with Crippen LogP contribution in [0.1, 0.15) is 11.1 Å². The lowest BCUT2D eigenvalue weighted by atomic mass is 10.2. The number of nitrogens with one attached hydrogen (secondary N) is 1. The summed E-state index contributed by atoms with van der Waals surface area (Å²) >= 11 is 17.9. The summed E-state index contributed by atoms with van der Waals surface area (Å²) in [4.78, 5) is 0. The van der Waals surface area contributed by atoms with Crippen LogP contribution < -0.4 is 5.32 Å². The van der Waals surface area contributed by atoms with E-state index in [4.69, 9.17) is 34.8 Å². The zero-order chi connectivity index (χ0) is 13.0. The predicted molar refractivity (Wildman–Crippen MR) is 79.8 cm³/mol. The first kappa shape index (κ1) is 13.5. The fourth-order valence-electron chi connectivity index (χ4n) is 1.66. The second kappa shape index (κ2) is 6.33. The topological polar surface area (TPSA) is 12.0 Å². The summed E-state index contributed by atoms with van der Waals surface area (Å²) in [5.74, 6) is 0.484. The van der Waals surface area contributed by atoms with Crippen molar-refractivity contribution in [2.24, 2.45) is 0 Å². The van der Waals surface area contributed by atoms with Crippen LogP contribution in [0.2, 0.25) is 10.0 Å². The molecule has 2 rings (SSSR count). The van der Waals surface area contributed by atoms with Gasteiger partial charge in [-0.3, -0.25) is 0 Å². The average Bonchev–Trinajstić information content (AvgIpc) is 2.38. The molecule has 0 spiro atoms. The van der Waals surface area contributed by atoms with Crippen molar-refractivity contribution in [3.05, 3.63) is 63.6 Å². The van der Waals surface area contributed by atoms with Gasteiger partial charge in [-0.15, -0.1) is 11.6 Å². The third-order valence-corrected chi connectivity index (χ3v) is 3.52. The van der Waals surface area contributed by atoms with Gasteiger partial charge in [0, 0.05) is 28.2 Å². The van der Waals surface area contributed by atoms with E-state index >= 15 is 0 Å². The van der Waals surface area contributed by atoms with E-state index in [1.54, 1.807) is 6.07 Å². The van der Waals surface area contributed by atoms with Crippen molar-refractivity contribution >= 4 is 40.5 Å². The Morgan fingerprint density at radius 3 is 2.44 bits per heavy atom. The number of alkyl halides is 1. The highest BCUT2D eigenvalue weighted by molar-refractivity contribution is 6.35. The molecule has 1 N–H and O–H groups in total. The van der Waals surface area contributed by atoms with Crippen molar-refractivity contribution < 1.29 is 0 Å². The van der Waals surface area contributed by atoms with E-state index < -0.39 is 0 Å². The molecule has 0 aliphatic rings. The van der Waals surface area contributed by atoms with Crippen molar-refractivity contribution in [1.82, 2.24) is 0 Å². The van der Waals surface area contributed by atoms with Crippen LogP contribution in [0.25, 0.3) is 0 Å². The molecule has 0 bridgehead atoms. The number of hydrogen-bond acceptors (Lipinski definition) is 1. The Morgan fingerprint density at radius 2 is 1.72 bits per heavy atom. The molecule has 0 radical (unpaired) electrons. The van der Waals surface area contributed by atoms with Gasteiger partial charge in [-0.05, 0) is 29.3 Å². The molecule has 0 fully saturated rings. The van der Waals surface area contributed by atoms with Crippen molar-refractivity contribution in [1.29, 1.82) is 0 Å². The van der Waals surface area contributed by atoms with Crippen LogP contribution in [-0.4, -0.2) is 0 Å². The zero-order valence-electron chi connectivity index (χ0n) is 9.59. The molecule has 18 heavy (non-hydrogen) atoms. The summed E-state index contributed by atoms with van der Waals surface area (Å²) in [7, 11) is 0. The van der Waals surface area contributed by atoms with E-state index in [1.165, 1.54) is 0 Å². The van der Waals surface area contributed by atoms with Gasteiger partial charge in [-0.2, -0.15) is 0 Å². The van der Waals surface area contributed by atoms with E-state index in [1.807, 2.05) is 36.4 Å². The third-order valence-electron chi connectivity index (χ3n) is 2.65. The number of anilines is 1. The van der Waals surface area contributed by atoms with Gasteiger partial charge in [0.15, 0.2) is 0 Å². The van der Waals surface area contributed by atoms with Gasteiger partial charge in [0.2, 0.25) is 0 Å². The van der Waals surface area contributed by atoms with Gasteiger partial charge in [-0.1, -0.05) is 47.5 Å². The lowest BCUT2D eigenvalue weighted by Gasteiger charge is -2.11. The maximum atomic E-state index is 6.12. The maximum absolute atomic E-state index is 6.12. The first-order valence-corrected chi connectivity index (χ1v) is 6.81. The fourth-order valence-corrected chi connectivity index (χ4v) is 2.37. The van der Waals surface area contributed by atoms with Crippen LogP contribution in [0.15, 0.2) is 42.5 Å². The molecule has 0 aromatic heterocycles. The van der Waals surface area contributed by atoms with Gasteiger partial charge < -0.3 is 5.32 Å². The Balaban J connectivity index is 2.11. The molecule has 0 heterocycles. The first-order valence-electron chi connectivity index (χ1n) is 5.52. The molecule has 0 unspecified atom stereocenters. The Bertz CT molecular complexity index is 540. The molecule has 0 saturated heterocycles. The third kappa shape index (κ3) is 3.32. The second-order valence-corrected chi connectivity index (χ2v) is 4.99. The lowest BCUT2D eigenvalue weighted by Crippen LogP contribution is -2.02. The summed E-state index contributed by atoms with van der Waals surface area (Å²) in [5, 5.41) is 4.64. The van der Waals surface area contributed by atoms with Crippen molar-refractivity contribution in [3.63, 3.8) is 0 Å². The summed E-state index contributed by atoms with van der Waals surface area (Å²) in [5.41, 5.74) is 3.10.